The third-order valence-corrected chi connectivity index (χ3v) is 6.05. The number of hydrogen-bond donors (Lipinski definition) is 1. The maximum Gasteiger partial charge on any atom is 0.253 e. The molecule has 1 saturated heterocycles. The summed E-state index contributed by atoms with van der Waals surface area (Å²) in [6, 6.07) is 12.2. The lowest BCUT2D eigenvalue weighted by Crippen LogP contribution is -2.60. The molecule has 162 valence electrons. The van der Waals surface area contributed by atoms with Gasteiger partial charge in [0.05, 0.1) is 12.8 Å². The van der Waals surface area contributed by atoms with Crippen LogP contribution in [0.25, 0.3) is 11.1 Å². The van der Waals surface area contributed by atoms with E-state index in [1.54, 1.807) is 13.2 Å². The minimum Gasteiger partial charge on any atom is -0.362 e. The number of carbonyl (C=O) groups excluding carboxylic acids is 1. The lowest BCUT2D eigenvalue weighted by molar-refractivity contribution is -0.160. The van der Waals surface area contributed by atoms with Crippen molar-refractivity contribution in [1.29, 1.82) is 0 Å². The van der Waals surface area contributed by atoms with Crippen LogP contribution in [0, 0.1) is 6.92 Å². The Morgan fingerprint density at radius 3 is 2.77 bits per heavy atom. The SMILES string of the molecule is CNC(=O)[C@]1(Cc2cccc(-c3cccnc3)c2)CN(Cc2cnn(C)c2C)CCO1. The van der Waals surface area contributed by atoms with Gasteiger partial charge in [0.2, 0.25) is 0 Å². The Morgan fingerprint density at radius 1 is 1.23 bits per heavy atom. The number of aromatic nitrogens is 3. The Bertz CT molecular complexity index is 1050. The monoisotopic (exact) mass is 419 g/mol. The smallest absolute Gasteiger partial charge is 0.253 e. The van der Waals surface area contributed by atoms with Crippen LogP contribution in [0.5, 0.6) is 0 Å². The minimum absolute atomic E-state index is 0.0908. The molecule has 7 heteroatoms. The van der Waals surface area contributed by atoms with Gasteiger partial charge in [-0.2, -0.15) is 5.10 Å². The van der Waals surface area contributed by atoms with Crippen LogP contribution in [-0.4, -0.2) is 57.9 Å². The molecule has 0 saturated carbocycles. The number of nitrogens with zero attached hydrogens (tertiary/aromatic N) is 4. The number of hydrogen-bond acceptors (Lipinski definition) is 5. The number of carbonyl (C=O) groups is 1. The second-order valence-corrected chi connectivity index (χ2v) is 8.13. The van der Waals surface area contributed by atoms with Crippen LogP contribution < -0.4 is 5.32 Å². The van der Waals surface area contributed by atoms with Crippen molar-refractivity contribution in [2.24, 2.45) is 7.05 Å². The summed E-state index contributed by atoms with van der Waals surface area (Å²) in [5, 5.41) is 7.17. The number of aryl methyl sites for hydroxylation is 1. The second-order valence-electron chi connectivity index (χ2n) is 8.13. The molecule has 1 fully saturated rings. The first-order valence-electron chi connectivity index (χ1n) is 10.6. The molecule has 1 atom stereocenters. The van der Waals surface area contributed by atoms with Crippen LogP contribution in [0.1, 0.15) is 16.8 Å². The number of ether oxygens (including phenoxy) is 1. The Balaban J connectivity index is 1.58. The molecule has 1 amide bonds. The lowest BCUT2D eigenvalue weighted by atomic mass is 9.90. The summed E-state index contributed by atoms with van der Waals surface area (Å²) in [6.07, 6.45) is 6.03. The minimum atomic E-state index is -0.934. The van der Waals surface area contributed by atoms with Gasteiger partial charge in [-0.05, 0) is 29.7 Å². The van der Waals surface area contributed by atoms with Crippen molar-refractivity contribution in [1.82, 2.24) is 25.0 Å². The van der Waals surface area contributed by atoms with Crippen LogP contribution in [0.15, 0.2) is 55.0 Å². The number of rotatable bonds is 6. The fourth-order valence-electron chi connectivity index (χ4n) is 4.21. The van der Waals surface area contributed by atoms with Crippen molar-refractivity contribution >= 4 is 5.91 Å². The quantitative estimate of drug-likeness (QED) is 0.664. The molecule has 0 unspecified atom stereocenters. The predicted octanol–water partition coefficient (Wildman–Crippen LogP) is 2.35. The number of nitrogens with one attached hydrogen (secondary N) is 1. The average Bonchev–Trinajstić information content (AvgIpc) is 3.11. The first kappa shape index (κ1) is 21.2. The van der Waals surface area contributed by atoms with E-state index in [9.17, 15) is 4.79 Å². The van der Waals surface area contributed by atoms with E-state index in [1.807, 2.05) is 42.3 Å². The summed E-state index contributed by atoms with van der Waals surface area (Å²) in [6.45, 7) is 4.63. The van der Waals surface area contributed by atoms with Crippen LogP contribution in [0.2, 0.25) is 0 Å². The molecule has 1 aliphatic heterocycles. The van der Waals surface area contributed by atoms with Crippen molar-refractivity contribution in [2.75, 3.05) is 26.7 Å². The van der Waals surface area contributed by atoms with Gasteiger partial charge in [-0.3, -0.25) is 19.4 Å². The van der Waals surface area contributed by atoms with Crippen molar-refractivity contribution in [3.8, 4) is 11.1 Å². The summed E-state index contributed by atoms with van der Waals surface area (Å²) in [5.74, 6) is -0.0908. The number of amides is 1. The van der Waals surface area contributed by atoms with Gasteiger partial charge in [0, 0.05) is 63.8 Å². The molecule has 31 heavy (non-hydrogen) atoms. The van der Waals surface area contributed by atoms with E-state index < -0.39 is 5.60 Å². The summed E-state index contributed by atoms with van der Waals surface area (Å²) >= 11 is 0. The van der Waals surface area contributed by atoms with E-state index in [-0.39, 0.29) is 5.91 Å². The van der Waals surface area contributed by atoms with Crippen molar-refractivity contribution < 1.29 is 9.53 Å². The highest BCUT2D eigenvalue weighted by molar-refractivity contribution is 5.86. The topological polar surface area (TPSA) is 72.3 Å². The van der Waals surface area contributed by atoms with Crippen LogP contribution in [0.4, 0.5) is 0 Å². The Hall–Kier alpha value is -3.03. The first-order valence-corrected chi connectivity index (χ1v) is 10.6. The summed E-state index contributed by atoms with van der Waals surface area (Å²) in [4.78, 5) is 19.5. The molecule has 0 spiro atoms. The zero-order valence-corrected chi connectivity index (χ0v) is 18.3. The zero-order valence-electron chi connectivity index (χ0n) is 18.3. The van der Waals surface area contributed by atoms with Gasteiger partial charge >= 0.3 is 0 Å². The van der Waals surface area contributed by atoms with Gasteiger partial charge in [-0.15, -0.1) is 0 Å². The predicted molar refractivity (Wildman–Crippen MR) is 119 cm³/mol. The number of benzene rings is 1. The number of morpholine rings is 1. The summed E-state index contributed by atoms with van der Waals surface area (Å²) in [7, 11) is 3.62. The van der Waals surface area contributed by atoms with E-state index >= 15 is 0 Å². The molecule has 3 heterocycles. The zero-order chi connectivity index (χ0) is 21.8. The molecule has 4 rings (SSSR count). The van der Waals surface area contributed by atoms with Crippen LogP contribution >= 0.6 is 0 Å². The van der Waals surface area contributed by atoms with E-state index in [0.717, 1.165) is 35.5 Å². The highest BCUT2D eigenvalue weighted by atomic mass is 16.5. The van der Waals surface area contributed by atoms with Crippen LogP contribution in [-0.2, 0) is 29.5 Å². The summed E-state index contributed by atoms with van der Waals surface area (Å²) in [5.41, 5.74) is 4.57. The molecule has 0 radical (unpaired) electrons. The van der Waals surface area contributed by atoms with E-state index in [0.29, 0.717) is 19.6 Å². The maximum absolute atomic E-state index is 13.0. The standard InChI is InChI=1S/C24H29N5O2/c1-18-22(15-27-28(18)3)16-29-10-11-31-24(17-29,23(30)25-2)13-19-6-4-7-20(12-19)21-8-5-9-26-14-21/h4-9,12,14-15H,10-11,13,16-17H2,1-3H3,(H,25,30)/t24-/m0/s1. The molecule has 2 aromatic heterocycles. The van der Waals surface area contributed by atoms with Crippen molar-refractivity contribution in [3.63, 3.8) is 0 Å². The summed E-state index contributed by atoms with van der Waals surface area (Å²) < 4.78 is 8.06. The Labute approximate surface area is 183 Å². The highest BCUT2D eigenvalue weighted by Gasteiger charge is 2.43. The molecule has 7 nitrogen and oxygen atoms in total. The van der Waals surface area contributed by atoms with Crippen molar-refractivity contribution in [3.05, 3.63) is 71.8 Å². The van der Waals surface area contributed by atoms with Gasteiger partial charge in [-0.1, -0.05) is 30.3 Å². The molecule has 3 aromatic rings. The number of likely N-dealkylation sites (N-methyl/N-ethyl adjacent to an activating group) is 1. The molecule has 0 bridgehead atoms. The van der Waals surface area contributed by atoms with Crippen LogP contribution in [0.3, 0.4) is 0 Å². The highest BCUT2D eigenvalue weighted by Crippen LogP contribution is 2.27. The van der Waals surface area contributed by atoms with E-state index in [4.69, 9.17) is 4.74 Å². The molecule has 1 aromatic carbocycles. The van der Waals surface area contributed by atoms with Crippen molar-refractivity contribution in [2.45, 2.75) is 25.5 Å². The normalized spacial score (nSPS) is 19.3. The van der Waals surface area contributed by atoms with Gasteiger partial charge in [0.1, 0.15) is 0 Å². The average molecular weight is 420 g/mol. The molecular weight excluding hydrogens is 390 g/mol. The largest absolute Gasteiger partial charge is 0.362 e. The molecular formula is C24H29N5O2. The lowest BCUT2D eigenvalue weighted by Gasteiger charge is -2.41. The third-order valence-electron chi connectivity index (χ3n) is 6.05. The Morgan fingerprint density at radius 2 is 2.06 bits per heavy atom. The van der Waals surface area contributed by atoms with Gasteiger partial charge in [0.15, 0.2) is 5.60 Å². The fraction of sp³-hybridized carbons (Fsp3) is 0.375. The molecule has 0 aliphatic carbocycles. The maximum atomic E-state index is 13.0. The second kappa shape index (κ2) is 8.99. The third kappa shape index (κ3) is 4.52. The number of pyridine rings is 1. The van der Waals surface area contributed by atoms with Gasteiger partial charge in [-0.25, -0.2) is 0 Å². The first-order chi connectivity index (χ1) is 15.0. The van der Waals surface area contributed by atoms with E-state index in [1.165, 1.54) is 5.56 Å². The fourth-order valence-corrected chi connectivity index (χ4v) is 4.21. The Kier molecular flexibility index (Phi) is 6.15. The van der Waals surface area contributed by atoms with E-state index in [2.05, 4.69) is 45.4 Å². The molecule has 1 N–H and O–H groups in total. The van der Waals surface area contributed by atoms with Gasteiger partial charge in [0.25, 0.3) is 5.91 Å². The molecule has 1 aliphatic rings. The van der Waals surface area contributed by atoms with Gasteiger partial charge < -0.3 is 10.1 Å².